The lowest BCUT2D eigenvalue weighted by molar-refractivity contribution is 0.562. The zero-order valence-electron chi connectivity index (χ0n) is 15.1. The maximum Gasteiger partial charge on any atom is 0.188 e. The summed E-state index contributed by atoms with van der Waals surface area (Å²) in [6.07, 6.45) is 0. The van der Waals surface area contributed by atoms with Gasteiger partial charge in [0, 0.05) is 0 Å². The van der Waals surface area contributed by atoms with E-state index in [9.17, 15) is 0 Å². The zero-order chi connectivity index (χ0) is 15.9. The topological polar surface area (TPSA) is 33.8 Å². The molecule has 1 rings (SSSR count). The van der Waals surface area contributed by atoms with Gasteiger partial charge in [-0.2, -0.15) is 0 Å². The Morgan fingerprint density at radius 1 is 0.850 bits per heavy atom. The molecule has 0 aromatic rings. The summed E-state index contributed by atoms with van der Waals surface area (Å²) < 4.78 is 16.2. The molecule has 1 atom stereocenters. The van der Waals surface area contributed by atoms with Crippen molar-refractivity contribution in [2.75, 3.05) is 21.1 Å². The van der Waals surface area contributed by atoms with Gasteiger partial charge in [-0.1, -0.05) is 0 Å². The van der Waals surface area contributed by atoms with Gasteiger partial charge in [0.05, 0.1) is 0 Å². The van der Waals surface area contributed by atoms with Gasteiger partial charge in [-0.3, -0.25) is 0 Å². The first-order chi connectivity index (χ1) is 8.85. The van der Waals surface area contributed by atoms with Crippen LogP contribution in [0.3, 0.4) is 0 Å². The van der Waals surface area contributed by atoms with Crippen molar-refractivity contribution in [2.24, 2.45) is 0 Å². The molecule has 0 aliphatic carbocycles. The lowest BCUT2D eigenvalue weighted by atomic mass is 11.6. The van der Waals surface area contributed by atoms with Gasteiger partial charge >= 0.3 is 0 Å². The Labute approximate surface area is 133 Å². The summed E-state index contributed by atoms with van der Waals surface area (Å²) in [7, 11) is 1.17. The third kappa shape index (κ3) is 3.44. The van der Waals surface area contributed by atoms with Gasteiger partial charge in [0.15, 0.2) is 44.2 Å². The molecule has 1 aliphatic rings. The Morgan fingerprint density at radius 3 is 1.85 bits per heavy atom. The van der Waals surface area contributed by atoms with Gasteiger partial charge in [-0.05, 0) is 67.0 Å². The fourth-order valence-corrected chi connectivity index (χ4v) is 28.9. The van der Waals surface area contributed by atoms with E-state index in [-0.39, 0.29) is 9.84 Å². The Morgan fingerprint density at radius 2 is 1.35 bits per heavy atom. The van der Waals surface area contributed by atoms with E-state index in [1.54, 1.807) is 0 Å². The molecule has 1 fully saturated rings. The van der Waals surface area contributed by atoms with Crippen LogP contribution in [0.25, 0.3) is 0 Å². The summed E-state index contributed by atoms with van der Waals surface area (Å²) in [5, 5.41) is 0. The van der Waals surface area contributed by atoms with Crippen molar-refractivity contribution in [1.82, 2.24) is 22.0 Å². The number of hydrogen-bond donors (Lipinski definition) is 2. The fourth-order valence-electron chi connectivity index (χ4n) is 2.96. The van der Waals surface area contributed by atoms with Crippen LogP contribution >= 0.6 is 0 Å². The molecule has 1 aliphatic heterocycles. The largest absolute Gasteiger partial charge is 0.343 e. The maximum atomic E-state index is 3.96. The van der Waals surface area contributed by atoms with E-state index in [1.165, 1.54) is 0 Å². The summed E-state index contributed by atoms with van der Waals surface area (Å²) in [6, 6.07) is 0. The van der Waals surface area contributed by atoms with Crippen molar-refractivity contribution in [3.63, 3.8) is 0 Å². The molecule has 0 saturated carbocycles. The predicted octanol–water partition coefficient (Wildman–Crippen LogP) is -0.0709. The highest BCUT2D eigenvalue weighted by Gasteiger charge is 2.49. The normalized spacial score (nSPS) is 34.2. The lowest BCUT2D eigenvalue weighted by Crippen LogP contribution is -2.81. The molecule has 1 saturated heterocycles. The quantitative estimate of drug-likeness (QED) is 0.587. The van der Waals surface area contributed by atoms with Gasteiger partial charge < -0.3 is 22.0 Å². The van der Waals surface area contributed by atoms with E-state index in [1.807, 2.05) is 0 Å². The lowest BCUT2D eigenvalue weighted by Gasteiger charge is -2.56. The first-order valence-corrected chi connectivity index (χ1v) is 19.9. The van der Waals surface area contributed by atoms with Gasteiger partial charge in [-0.25, -0.2) is 0 Å². The van der Waals surface area contributed by atoms with Crippen LogP contribution in [0.15, 0.2) is 0 Å². The maximum absolute atomic E-state index is 3.96. The molecule has 0 amide bonds. The van der Waals surface area contributed by atoms with Gasteiger partial charge in [-0.15, -0.1) is 0 Å². The van der Waals surface area contributed by atoms with E-state index in [2.05, 4.69) is 89.0 Å². The first-order valence-electron chi connectivity index (χ1n) is 7.54. The van der Waals surface area contributed by atoms with Crippen LogP contribution < -0.4 is 9.30 Å². The predicted molar refractivity (Wildman–Crippen MR) is 104 cm³/mol. The van der Waals surface area contributed by atoms with Crippen LogP contribution in [-0.2, 0) is 0 Å². The van der Waals surface area contributed by atoms with Crippen molar-refractivity contribution in [2.45, 2.75) is 45.8 Å². The van der Waals surface area contributed by atoms with Crippen molar-refractivity contribution >= 4 is 44.2 Å². The van der Waals surface area contributed by atoms with Crippen molar-refractivity contribution in [3.8, 4) is 0 Å². The molecule has 10 heteroatoms. The molecule has 0 aromatic carbocycles. The Kier molecular flexibility index (Phi) is 5.85. The molecule has 5 nitrogen and oxygen atoms in total. The summed E-state index contributed by atoms with van der Waals surface area (Å²) >= 11 is 0. The monoisotopic (exact) mass is 365 g/mol. The molecule has 0 aromatic heterocycles. The molecule has 20 heavy (non-hydrogen) atoms. The van der Waals surface area contributed by atoms with E-state index in [0.717, 1.165) is 0 Å². The molecule has 0 bridgehead atoms. The van der Waals surface area contributed by atoms with Crippen LogP contribution in [0.1, 0.15) is 0 Å². The van der Waals surface area contributed by atoms with Crippen LogP contribution in [0.4, 0.5) is 0 Å². The average molecular weight is 366 g/mol. The first kappa shape index (κ1) is 18.9. The van der Waals surface area contributed by atoms with Crippen LogP contribution in [0, 0.1) is 0 Å². The third-order valence-corrected chi connectivity index (χ3v) is 32.2. The Hall–Kier alpha value is 0.884. The fraction of sp³-hybridized carbons (Fsp3) is 1.00. The zero-order valence-corrected chi connectivity index (χ0v) is 20.7. The molecule has 0 spiro atoms. The number of rotatable bonds is 0. The van der Waals surface area contributed by atoms with Crippen LogP contribution in [0.5, 0.6) is 0 Å². The molecule has 0 radical (unpaired) electrons. The Balaban J connectivity index is 3.23. The summed E-state index contributed by atoms with van der Waals surface area (Å²) in [4.78, 5) is 0. The molecular weight excluding hydrogens is 331 g/mol. The molecule has 2 N–H and O–H groups in total. The van der Waals surface area contributed by atoms with Crippen molar-refractivity contribution < 1.29 is 0 Å². The standard InChI is InChI=1S/C10H35N5Si5/c1-13-17(4)11-16-12-18(5,6)14(2)20(9,10)15(3)19(13,7)8/h11-12,17H,16H2,1-10H3. The van der Waals surface area contributed by atoms with Crippen LogP contribution in [-0.4, -0.2) is 78.0 Å². The van der Waals surface area contributed by atoms with Crippen LogP contribution in [0.2, 0.25) is 45.8 Å². The Bertz CT molecular complexity index is 351. The van der Waals surface area contributed by atoms with E-state index in [4.69, 9.17) is 0 Å². The van der Waals surface area contributed by atoms with E-state index < -0.39 is 34.3 Å². The second-order valence-electron chi connectivity index (χ2n) is 7.51. The molecule has 1 unspecified atom stereocenters. The summed E-state index contributed by atoms with van der Waals surface area (Å²) in [6.45, 7) is 17.5. The second-order valence-corrected chi connectivity index (χ2v) is 26.9. The highest BCUT2D eigenvalue weighted by molar-refractivity contribution is 6.98. The SMILES string of the molecule is CN1[SiH](C)N[SiH2]N[Si](C)(C)N(C)[Si](C)(C)N(C)[Si]1(C)C. The van der Waals surface area contributed by atoms with Gasteiger partial charge in [0.1, 0.15) is 0 Å². The number of nitrogens with one attached hydrogen (secondary N) is 2. The van der Waals surface area contributed by atoms with Gasteiger partial charge in [0.25, 0.3) is 0 Å². The highest BCUT2D eigenvalue weighted by atomic mass is 28.5. The summed E-state index contributed by atoms with van der Waals surface area (Å²) in [5.41, 5.74) is 0. The number of nitrogens with zero attached hydrogens (tertiary/aromatic N) is 3. The smallest absolute Gasteiger partial charge is 0.188 e. The minimum Gasteiger partial charge on any atom is -0.343 e. The second kappa shape index (κ2) is 6.18. The van der Waals surface area contributed by atoms with E-state index >= 15 is 0 Å². The van der Waals surface area contributed by atoms with E-state index in [0.29, 0.717) is 0 Å². The van der Waals surface area contributed by atoms with Gasteiger partial charge in [0.2, 0.25) is 0 Å². The third-order valence-electron chi connectivity index (χ3n) is 5.66. The minimum absolute atomic E-state index is 0.349. The summed E-state index contributed by atoms with van der Waals surface area (Å²) in [5.74, 6) is 0. The molecule has 1 heterocycles. The van der Waals surface area contributed by atoms with Crippen molar-refractivity contribution in [3.05, 3.63) is 0 Å². The average Bonchev–Trinajstić information content (AvgIpc) is 2.34. The molecular formula is C10H35N5Si5. The number of hydrogen-bond acceptors (Lipinski definition) is 5. The highest BCUT2D eigenvalue weighted by Crippen LogP contribution is 2.25. The minimum atomic E-state index is -1.57. The van der Waals surface area contributed by atoms with Crippen molar-refractivity contribution in [1.29, 1.82) is 0 Å². The molecule has 120 valence electrons.